The lowest BCUT2D eigenvalue weighted by molar-refractivity contribution is 0.0729. The molecule has 0 fully saturated rings. The summed E-state index contributed by atoms with van der Waals surface area (Å²) in [5.41, 5.74) is 0.954. The molecule has 98 valence electrons. The SMILES string of the molecule is O=C(Oc1cccc(CCO)c1O)c1ccccc1. The Morgan fingerprint density at radius 1 is 1.05 bits per heavy atom. The number of ether oxygens (including phenoxy) is 1. The first-order chi connectivity index (χ1) is 9.22. The highest BCUT2D eigenvalue weighted by atomic mass is 16.5. The number of carbonyl (C=O) groups is 1. The molecule has 2 aromatic carbocycles. The topological polar surface area (TPSA) is 66.8 Å². The van der Waals surface area contributed by atoms with Crippen LogP contribution in [0.5, 0.6) is 11.5 Å². The molecule has 4 heteroatoms. The number of aromatic hydroxyl groups is 1. The van der Waals surface area contributed by atoms with Gasteiger partial charge >= 0.3 is 5.97 Å². The molecule has 2 N–H and O–H groups in total. The monoisotopic (exact) mass is 258 g/mol. The number of para-hydroxylation sites is 1. The van der Waals surface area contributed by atoms with Gasteiger partial charge in [0, 0.05) is 12.2 Å². The Morgan fingerprint density at radius 3 is 2.47 bits per heavy atom. The third-order valence-corrected chi connectivity index (χ3v) is 2.68. The second kappa shape index (κ2) is 6.02. The summed E-state index contributed by atoms with van der Waals surface area (Å²) in [5, 5.41) is 18.8. The van der Waals surface area contributed by atoms with Crippen LogP contribution in [0.25, 0.3) is 0 Å². The number of benzene rings is 2. The van der Waals surface area contributed by atoms with Gasteiger partial charge in [0.15, 0.2) is 11.5 Å². The van der Waals surface area contributed by atoms with Gasteiger partial charge in [-0.3, -0.25) is 0 Å². The van der Waals surface area contributed by atoms with Crippen LogP contribution in [-0.4, -0.2) is 22.8 Å². The molecule has 2 aromatic rings. The largest absolute Gasteiger partial charge is 0.504 e. The molecule has 0 unspecified atom stereocenters. The first-order valence-electron chi connectivity index (χ1n) is 5.91. The minimum Gasteiger partial charge on any atom is -0.504 e. The average Bonchev–Trinajstić information content (AvgIpc) is 2.44. The van der Waals surface area contributed by atoms with Gasteiger partial charge < -0.3 is 14.9 Å². The third kappa shape index (κ3) is 3.11. The quantitative estimate of drug-likeness (QED) is 0.651. The number of phenolic OH excluding ortho intramolecular Hbond substituents is 1. The van der Waals surface area contributed by atoms with Crippen molar-refractivity contribution in [3.63, 3.8) is 0 Å². The van der Waals surface area contributed by atoms with Crippen molar-refractivity contribution in [2.75, 3.05) is 6.61 Å². The Kier molecular flexibility index (Phi) is 4.15. The van der Waals surface area contributed by atoms with Crippen LogP contribution in [0.4, 0.5) is 0 Å². The molecule has 19 heavy (non-hydrogen) atoms. The fourth-order valence-corrected chi connectivity index (χ4v) is 1.71. The molecule has 0 saturated carbocycles. The number of hydrogen-bond acceptors (Lipinski definition) is 4. The van der Waals surface area contributed by atoms with Crippen molar-refractivity contribution in [2.45, 2.75) is 6.42 Å². The van der Waals surface area contributed by atoms with Gasteiger partial charge in [-0.05, 0) is 24.6 Å². The molecule has 0 aromatic heterocycles. The van der Waals surface area contributed by atoms with Gasteiger partial charge in [-0.1, -0.05) is 30.3 Å². The minimum atomic E-state index is -0.531. The number of aliphatic hydroxyl groups is 1. The second-order valence-electron chi connectivity index (χ2n) is 3.99. The van der Waals surface area contributed by atoms with E-state index in [9.17, 15) is 9.90 Å². The lowest BCUT2D eigenvalue weighted by Gasteiger charge is -2.09. The Hall–Kier alpha value is -2.33. The van der Waals surface area contributed by atoms with Crippen LogP contribution in [0.3, 0.4) is 0 Å². The van der Waals surface area contributed by atoms with Gasteiger partial charge in [0.1, 0.15) is 0 Å². The van der Waals surface area contributed by atoms with Crippen molar-refractivity contribution in [3.05, 3.63) is 59.7 Å². The summed E-state index contributed by atoms with van der Waals surface area (Å²) in [5.74, 6) is -0.544. The summed E-state index contributed by atoms with van der Waals surface area (Å²) in [7, 11) is 0. The number of phenols is 1. The maximum Gasteiger partial charge on any atom is 0.343 e. The van der Waals surface area contributed by atoms with Crippen molar-refractivity contribution < 1.29 is 19.7 Å². The lowest BCUT2D eigenvalue weighted by Crippen LogP contribution is -2.08. The average molecular weight is 258 g/mol. The molecule has 0 aliphatic rings. The maximum absolute atomic E-state index is 11.9. The molecule has 0 spiro atoms. The number of esters is 1. The molecule has 4 nitrogen and oxygen atoms in total. The first kappa shape index (κ1) is 13.1. The van der Waals surface area contributed by atoms with Crippen molar-refractivity contribution >= 4 is 5.97 Å². The normalized spacial score (nSPS) is 10.2. The summed E-state index contributed by atoms with van der Waals surface area (Å²) in [6.07, 6.45) is 0.308. The smallest absolute Gasteiger partial charge is 0.343 e. The van der Waals surface area contributed by atoms with E-state index in [1.54, 1.807) is 42.5 Å². The number of hydrogen-bond donors (Lipinski definition) is 2. The van der Waals surface area contributed by atoms with Crippen LogP contribution in [0, 0.1) is 0 Å². The Labute approximate surface area is 110 Å². The summed E-state index contributed by atoms with van der Waals surface area (Å²) < 4.78 is 5.15. The van der Waals surface area contributed by atoms with E-state index in [1.165, 1.54) is 6.07 Å². The molecule has 2 rings (SSSR count). The van der Waals surface area contributed by atoms with Crippen molar-refractivity contribution in [2.24, 2.45) is 0 Å². The zero-order valence-corrected chi connectivity index (χ0v) is 10.2. The highest BCUT2D eigenvalue weighted by molar-refractivity contribution is 5.91. The zero-order chi connectivity index (χ0) is 13.7. The van der Waals surface area contributed by atoms with Crippen LogP contribution >= 0.6 is 0 Å². The first-order valence-corrected chi connectivity index (χ1v) is 5.91. The molecule has 0 radical (unpaired) electrons. The minimum absolute atomic E-state index is 0.0797. The standard InChI is InChI=1S/C15H14O4/c16-10-9-11-7-4-8-13(14(11)17)19-15(18)12-5-2-1-3-6-12/h1-8,16-17H,9-10H2. The fraction of sp³-hybridized carbons (Fsp3) is 0.133. The van der Waals surface area contributed by atoms with Crippen LogP contribution in [0.1, 0.15) is 15.9 Å². The summed E-state index contributed by atoms with van der Waals surface area (Å²) in [6.45, 7) is -0.0797. The predicted octanol–water partition coefficient (Wildman–Crippen LogP) is 2.15. The van der Waals surface area contributed by atoms with Crippen molar-refractivity contribution in [3.8, 4) is 11.5 Å². The van der Waals surface area contributed by atoms with Crippen molar-refractivity contribution in [1.29, 1.82) is 0 Å². The highest BCUT2D eigenvalue weighted by Gasteiger charge is 2.13. The molecular formula is C15H14O4. The highest BCUT2D eigenvalue weighted by Crippen LogP contribution is 2.30. The molecule has 0 aliphatic heterocycles. The molecule has 0 aliphatic carbocycles. The van der Waals surface area contributed by atoms with E-state index >= 15 is 0 Å². The molecule has 0 amide bonds. The summed E-state index contributed by atoms with van der Waals surface area (Å²) in [4.78, 5) is 11.9. The molecule has 0 heterocycles. The summed E-state index contributed by atoms with van der Waals surface area (Å²) in [6, 6.07) is 13.4. The van der Waals surface area contributed by atoms with E-state index in [2.05, 4.69) is 0 Å². The van der Waals surface area contributed by atoms with Crippen molar-refractivity contribution in [1.82, 2.24) is 0 Å². The lowest BCUT2D eigenvalue weighted by atomic mass is 10.1. The van der Waals surface area contributed by atoms with Gasteiger partial charge in [-0.2, -0.15) is 0 Å². The van der Waals surface area contributed by atoms with Gasteiger partial charge in [0.25, 0.3) is 0 Å². The zero-order valence-electron chi connectivity index (χ0n) is 10.2. The summed E-state index contributed by atoms with van der Waals surface area (Å²) >= 11 is 0. The molecule has 0 saturated heterocycles. The predicted molar refractivity (Wildman–Crippen MR) is 70.3 cm³/mol. The van der Waals surface area contributed by atoms with E-state index in [0.29, 0.717) is 17.5 Å². The third-order valence-electron chi connectivity index (χ3n) is 2.68. The van der Waals surface area contributed by atoms with Crippen LogP contribution in [-0.2, 0) is 6.42 Å². The Balaban J connectivity index is 2.20. The molecule has 0 bridgehead atoms. The number of rotatable bonds is 4. The molecular weight excluding hydrogens is 244 g/mol. The number of aliphatic hydroxyl groups excluding tert-OH is 1. The Morgan fingerprint density at radius 2 is 1.79 bits per heavy atom. The van der Waals surface area contributed by atoms with Gasteiger partial charge in [0.05, 0.1) is 5.56 Å². The Bertz CT molecular complexity index is 564. The van der Waals surface area contributed by atoms with Gasteiger partial charge in [0.2, 0.25) is 0 Å². The van der Waals surface area contributed by atoms with Crippen LogP contribution < -0.4 is 4.74 Å². The number of carbonyl (C=O) groups excluding carboxylic acids is 1. The van der Waals surface area contributed by atoms with Crippen LogP contribution in [0.2, 0.25) is 0 Å². The van der Waals surface area contributed by atoms with Gasteiger partial charge in [-0.25, -0.2) is 4.79 Å². The second-order valence-corrected chi connectivity index (χ2v) is 3.99. The van der Waals surface area contributed by atoms with E-state index in [1.807, 2.05) is 0 Å². The fourth-order valence-electron chi connectivity index (χ4n) is 1.71. The van der Waals surface area contributed by atoms with E-state index < -0.39 is 5.97 Å². The maximum atomic E-state index is 11.9. The molecule has 0 atom stereocenters. The van der Waals surface area contributed by atoms with E-state index in [0.717, 1.165) is 0 Å². The van der Waals surface area contributed by atoms with Crippen LogP contribution in [0.15, 0.2) is 48.5 Å². The van der Waals surface area contributed by atoms with E-state index in [-0.39, 0.29) is 18.1 Å². The van der Waals surface area contributed by atoms with E-state index in [4.69, 9.17) is 9.84 Å². The van der Waals surface area contributed by atoms with Gasteiger partial charge in [-0.15, -0.1) is 0 Å².